The van der Waals surface area contributed by atoms with E-state index in [1.807, 2.05) is 0 Å². The van der Waals surface area contributed by atoms with Gasteiger partial charge >= 0.3 is 0 Å². The van der Waals surface area contributed by atoms with Crippen molar-refractivity contribution in [3.63, 3.8) is 0 Å². The summed E-state index contributed by atoms with van der Waals surface area (Å²) in [6.07, 6.45) is 11.5. The molecule has 16 heavy (non-hydrogen) atoms. The van der Waals surface area contributed by atoms with Crippen molar-refractivity contribution in [2.24, 2.45) is 0 Å². The van der Waals surface area contributed by atoms with E-state index < -0.39 is 0 Å². The Labute approximate surface area is 121 Å². The average Bonchev–Trinajstić information content (AvgIpc) is 2.22. The van der Waals surface area contributed by atoms with Crippen LogP contribution in [0.4, 0.5) is 0 Å². The lowest BCUT2D eigenvalue weighted by Gasteiger charge is -2.28. The second kappa shape index (κ2) is 12.2. The van der Waals surface area contributed by atoms with Gasteiger partial charge in [0.25, 0.3) is 0 Å². The molecule has 0 bridgehead atoms. The van der Waals surface area contributed by atoms with Crippen molar-refractivity contribution in [1.29, 1.82) is 0 Å². The highest BCUT2D eigenvalue weighted by Gasteiger charge is 2.09. The highest BCUT2D eigenvalue weighted by molar-refractivity contribution is 4.45. The van der Waals surface area contributed by atoms with Crippen molar-refractivity contribution < 1.29 is 28.5 Å². The first-order valence-electron chi connectivity index (χ1n) is 6.94. The largest absolute Gasteiger partial charge is 1.00 e. The van der Waals surface area contributed by atoms with Crippen LogP contribution in [0.15, 0.2) is 0 Å². The quantitative estimate of drug-likeness (QED) is 0.319. The average molecular weight is 341 g/mol. The smallest absolute Gasteiger partial charge is 0.0782 e. The van der Waals surface area contributed by atoms with E-state index in [4.69, 9.17) is 0 Å². The molecule has 0 unspecified atom stereocenters. The van der Waals surface area contributed by atoms with Crippen molar-refractivity contribution >= 4 is 0 Å². The monoisotopic (exact) mass is 341 g/mol. The lowest BCUT2D eigenvalue weighted by atomic mass is 10.1. The van der Waals surface area contributed by atoms with Gasteiger partial charge in [-0.05, 0) is 19.8 Å². The summed E-state index contributed by atoms with van der Waals surface area (Å²) < 4.78 is 1.19. The topological polar surface area (TPSA) is 0 Å². The fourth-order valence-corrected chi connectivity index (χ4v) is 1.83. The number of nitrogens with zero attached hydrogens (tertiary/aromatic N) is 1. The maximum Gasteiger partial charge on any atom is 0.0782 e. The molecule has 0 aliphatic rings. The molecule has 0 aromatic carbocycles. The van der Waals surface area contributed by atoms with Gasteiger partial charge in [-0.25, -0.2) is 0 Å². The predicted octanol–water partition coefficient (Wildman–Crippen LogP) is 1.23. The molecule has 0 radical (unpaired) electrons. The number of rotatable bonds is 10. The molecule has 0 rings (SSSR count). The molecular formula is C14H32IN. The van der Waals surface area contributed by atoms with Crippen molar-refractivity contribution in [3.05, 3.63) is 0 Å². The van der Waals surface area contributed by atoms with E-state index >= 15 is 0 Å². The molecule has 0 atom stereocenters. The van der Waals surface area contributed by atoms with Crippen molar-refractivity contribution in [1.82, 2.24) is 0 Å². The molecule has 0 aliphatic heterocycles. The van der Waals surface area contributed by atoms with E-state index in [9.17, 15) is 0 Å². The van der Waals surface area contributed by atoms with Gasteiger partial charge < -0.3 is 28.5 Å². The van der Waals surface area contributed by atoms with E-state index in [0.717, 1.165) is 0 Å². The van der Waals surface area contributed by atoms with E-state index in [0.29, 0.717) is 0 Å². The first-order valence-corrected chi connectivity index (χ1v) is 6.94. The van der Waals surface area contributed by atoms with Crippen LogP contribution in [0.2, 0.25) is 0 Å². The second-order valence-electron chi connectivity index (χ2n) is 5.45. The molecule has 0 aromatic rings. The number of hydrogen-bond acceptors (Lipinski definition) is 0. The fraction of sp³-hybridized carbons (Fsp3) is 1.00. The molecule has 100 valence electrons. The fourth-order valence-electron chi connectivity index (χ4n) is 1.83. The van der Waals surface area contributed by atoms with Gasteiger partial charge in [-0.2, -0.15) is 0 Å². The van der Waals surface area contributed by atoms with Crippen LogP contribution < -0.4 is 24.0 Å². The SMILES string of the molecule is CCCCCCCCCC[N+](C)(C)CC.[I-]. The number of quaternary nitrogens is 1. The summed E-state index contributed by atoms with van der Waals surface area (Å²) in [5.41, 5.74) is 0. The Morgan fingerprint density at radius 1 is 0.688 bits per heavy atom. The third kappa shape index (κ3) is 12.8. The van der Waals surface area contributed by atoms with E-state index in [2.05, 4.69) is 27.9 Å². The van der Waals surface area contributed by atoms with Crippen LogP contribution in [0.25, 0.3) is 0 Å². The van der Waals surface area contributed by atoms with Gasteiger partial charge in [-0.3, -0.25) is 0 Å². The van der Waals surface area contributed by atoms with Crippen LogP contribution >= 0.6 is 0 Å². The van der Waals surface area contributed by atoms with Crippen LogP contribution in [0.1, 0.15) is 65.2 Å². The molecule has 0 heterocycles. The second-order valence-corrected chi connectivity index (χ2v) is 5.45. The summed E-state index contributed by atoms with van der Waals surface area (Å²) in [6, 6.07) is 0. The highest BCUT2D eigenvalue weighted by Crippen LogP contribution is 2.09. The highest BCUT2D eigenvalue weighted by atomic mass is 127. The summed E-state index contributed by atoms with van der Waals surface area (Å²) in [7, 11) is 4.67. The zero-order valence-corrected chi connectivity index (χ0v) is 14.1. The molecule has 0 saturated heterocycles. The van der Waals surface area contributed by atoms with Crippen molar-refractivity contribution in [2.45, 2.75) is 65.2 Å². The van der Waals surface area contributed by atoms with Gasteiger partial charge in [-0.15, -0.1) is 0 Å². The van der Waals surface area contributed by atoms with Gasteiger partial charge in [0.2, 0.25) is 0 Å². The minimum Gasteiger partial charge on any atom is -1.00 e. The first-order chi connectivity index (χ1) is 7.12. The van der Waals surface area contributed by atoms with Gasteiger partial charge in [0.15, 0.2) is 0 Å². The number of hydrogen-bond donors (Lipinski definition) is 0. The Balaban J connectivity index is 0. The minimum atomic E-state index is 0. The van der Waals surface area contributed by atoms with Gasteiger partial charge in [0.1, 0.15) is 0 Å². The maximum atomic E-state index is 2.33. The van der Waals surface area contributed by atoms with E-state index in [-0.39, 0.29) is 24.0 Å². The molecule has 1 nitrogen and oxygen atoms in total. The van der Waals surface area contributed by atoms with Crippen LogP contribution in [-0.4, -0.2) is 31.7 Å². The van der Waals surface area contributed by atoms with Gasteiger partial charge in [0, 0.05) is 0 Å². The Kier molecular flexibility index (Phi) is 14.5. The molecular weight excluding hydrogens is 309 g/mol. The summed E-state index contributed by atoms with van der Waals surface area (Å²) in [6.45, 7) is 7.18. The Morgan fingerprint density at radius 2 is 1.12 bits per heavy atom. The molecule has 0 N–H and O–H groups in total. The molecule has 0 saturated carbocycles. The van der Waals surface area contributed by atoms with Gasteiger partial charge in [-0.1, -0.05) is 45.4 Å². The Bertz CT molecular complexity index is 135. The number of unbranched alkanes of at least 4 members (excludes halogenated alkanes) is 7. The Hall–Kier alpha value is 0.690. The van der Waals surface area contributed by atoms with Crippen LogP contribution in [0, 0.1) is 0 Å². The first kappa shape index (κ1) is 19.0. The van der Waals surface area contributed by atoms with Crippen LogP contribution in [-0.2, 0) is 0 Å². The minimum absolute atomic E-state index is 0. The van der Waals surface area contributed by atoms with Crippen LogP contribution in [0.3, 0.4) is 0 Å². The zero-order valence-electron chi connectivity index (χ0n) is 11.9. The molecule has 0 aliphatic carbocycles. The zero-order chi connectivity index (χ0) is 11.6. The van der Waals surface area contributed by atoms with Crippen molar-refractivity contribution in [2.75, 3.05) is 27.2 Å². The van der Waals surface area contributed by atoms with Crippen molar-refractivity contribution in [3.8, 4) is 0 Å². The van der Waals surface area contributed by atoms with E-state index in [1.54, 1.807) is 0 Å². The maximum absolute atomic E-state index is 2.33. The molecule has 0 spiro atoms. The summed E-state index contributed by atoms with van der Waals surface area (Å²) in [4.78, 5) is 0. The summed E-state index contributed by atoms with van der Waals surface area (Å²) in [5, 5.41) is 0. The van der Waals surface area contributed by atoms with Gasteiger partial charge in [0.05, 0.1) is 27.2 Å². The third-order valence-corrected chi connectivity index (χ3v) is 3.47. The summed E-state index contributed by atoms with van der Waals surface area (Å²) in [5.74, 6) is 0. The molecule has 0 amide bonds. The number of halogens is 1. The van der Waals surface area contributed by atoms with Crippen LogP contribution in [0.5, 0.6) is 0 Å². The molecule has 2 heteroatoms. The lowest BCUT2D eigenvalue weighted by Crippen LogP contribution is -3.00. The molecule has 0 aromatic heterocycles. The third-order valence-electron chi connectivity index (χ3n) is 3.47. The normalized spacial score (nSPS) is 11.2. The summed E-state index contributed by atoms with van der Waals surface area (Å²) >= 11 is 0. The lowest BCUT2D eigenvalue weighted by molar-refractivity contribution is -0.888. The standard InChI is InChI=1S/C14H32N.HI/c1-5-7-8-9-10-11-12-13-14-15(3,4)6-2;/h5-14H2,1-4H3;1H/q+1;/p-1. The molecule has 0 fully saturated rings. The van der Waals surface area contributed by atoms with E-state index in [1.165, 1.54) is 68.9 Å². The Morgan fingerprint density at radius 3 is 1.56 bits per heavy atom. The predicted molar refractivity (Wildman–Crippen MR) is 70.1 cm³/mol.